The molecule has 0 aromatic rings. The van der Waals surface area contributed by atoms with E-state index in [0.717, 1.165) is 0 Å². The normalized spacial score (nSPS) is 14.0. The quantitative estimate of drug-likeness (QED) is 0.304. The molecule has 3 nitrogen and oxygen atoms in total. The van der Waals surface area contributed by atoms with Crippen molar-refractivity contribution >= 4 is 64.7 Å². The first-order valence-electron chi connectivity index (χ1n) is 2.27. The molecular formula is C4H2Cl2F2NaO3. The molecule has 0 aliphatic heterocycles. The smallest absolute Gasteiger partial charge is 0.364 e. The van der Waals surface area contributed by atoms with Gasteiger partial charge in [-0.05, 0) is 0 Å². The number of carbonyl (C=O) groups is 2. The molecule has 0 spiro atoms. The zero-order valence-electron chi connectivity index (χ0n) is 5.89. The van der Waals surface area contributed by atoms with Gasteiger partial charge in [0.05, 0.1) is 0 Å². The van der Waals surface area contributed by atoms with E-state index in [0.29, 0.717) is 0 Å². The monoisotopic (exact) mass is 229 g/mol. The minimum Gasteiger partial charge on any atom is -0.387 e. The Balaban J connectivity index is 0. The first-order valence-corrected chi connectivity index (χ1v) is 3.14. The van der Waals surface area contributed by atoms with E-state index in [4.69, 9.17) is 0 Å². The van der Waals surface area contributed by atoms with Gasteiger partial charge in [0.25, 0.3) is 11.3 Å². The summed E-state index contributed by atoms with van der Waals surface area (Å²) in [5.74, 6) is -3.36. The molecule has 0 aliphatic rings. The van der Waals surface area contributed by atoms with Crippen molar-refractivity contribution in [2.75, 3.05) is 0 Å². The molecule has 0 saturated heterocycles. The van der Waals surface area contributed by atoms with Crippen molar-refractivity contribution in [2.24, 2.45) is 0 Å². The van der Waals surface area contributed by atoms with Gasteiger partial charge in [0.1, 0.15) is 0 Å². The molecule has 0 aromatic heterocycles. The number of esters is 2. The van der Waals surface area contributed by atoms with Crippen molar-refractivity contribution in [1.29, 1.82) is 0 Å². The van der Waals surface area contributed by atoms with E-state index in [1.165, 1.54) is 0 Å². The summed E-state index contributed by atoms with van der Waals surface area (Å²) in [6, 6.07) is 0. The number of halogens is 4. The van der Waals surface area contributed by atoms with Crippen LogP contribution in [0.5, 0.6) is 0 Å². The van der Waals surface area contributed by atoms with Gasteiger partial charge < -0.3 is 4.74 Å². The topological polar surface area (TPSA) is 43.4 Å². The van der Waals surface area contributed by atoms with E-state index in [-0.39, 0.29) is 29.6 Å². The molecule has 2 atom stereocenters. The van der Waals surface area contributed by atoms with Crippen LogP contribution in [0.15, 0.2) is 0 Å². The number of carbonyl (C=O) groups excluding carboxylic acids is 2. The predicted molar refractivity (Wildman–Crippen MR) is 38.4 cm³/mol. The number of hydrogen-bond donors (Lipinski definition) is 0. The van der Waals surface area contributed by atoms with Gasteiger partial charge in [0.2, 0.25) is 0 Å². The van der Waals surface area contributed by atoms with Crippen molar-refractivity contribution in [2.45, 2.75) is 11.3 Å². The Labute approximate surface area is 98.6 Å². The molecule has 0 aliphatic carbocycles. The molecule has 0 rings (SSSR count). The van der Waals surface area contributed by atoms with Crippen LogP contribution in [-0.2, 0) is 14.3 Å². The summed E-state index contributed by atoms with van der Waals surface area (Å²) in [5.41, 5.74) is -4.98. The molecule has 1 radical (unpaired) electrons. The third-order valence-electron chi connectivity index (χ3n) is 0.558. The zero-order chi connectivity index (χ0) is 9.02. The first-order chi connectivity index (χ1) is 4.95. The van der Waals surface area contributed by atoms with Crippen LogP contribution in [0, 0.1) is 0 Å². The molecule has 2 unspecified atom stereocenters. The number of hydrogen-bond acceptors (Lipinski definition) is 3. The molecule has 0 fully saturated rings. The van der Waals surface area contributed by atoms with Gasteiger partial charge in [0.15, 0.2) is 0 Å². The fraction of sp³-hybridized carbons (Fsp3) is 0.500. The zero-order valence-corrected chi connectivity index (χ0v) is 9.40. The Bertz CT molecular complexity index is 158. The third kappa shape index (κ3) is 6.14. The Kier molecular flexibility index (Phi) is 8.83. The number of ether oxygens (including phenoxy) is 1. The molecule has 8 heteroatoms. The molecular weight excluding hydrogens is 228 g/mol. The van der Waals surface area contributed by atoms with Crippen LogP contribution in [0.3, 0.4) is 0 Å². The van der Waals surface area contributed by atoms with Gasteiger partial charge in [-0.2, -0.15) is 0 Å². The van der Waals surface area contributed by atoms with E-state index >= 15 is 0 Å². The Morgan fingerprint density at radius 3 is 1.50 bits per heavy atom. The predicted octanol–water partition coefficient (Wildman–Crippen LogP) is 0.744. The molecule has 0 heterocycles. The first kappa shape index (κ1) is 15.1. The number of alkyl halides is 4. The molecule has 0 N–H and O–H groups in total. The van der Waals surface area contributed by atoms with Gasteiger partial charge >= 0.3 is 11.9 Å². The summed E-state index contributed by atoms with van der Waals surface area (Å²) < 4.78 is 26.9. The molecule has 12 heavy (non-hydrogen) atoms. The summed E-state index contributed by atoms with van der Waals surface area (Å²) in [5, 5.41) is 0. The van der Waals surface area contributed by atoms with Crippen molar-refractivity contribution in [3.8, 4) is 0 Å². The summed E-state index contributed by atoms with van der Waals surface area (Å²) in [7, 11) is 0. The minimum atomic E-state index is -2.49. The van der Waals surface area contributed by atoms with Crippen LogP contribution in [0.25, 0.3) is 0 Å². The van der Waals surface area contributed by atoms with Crippen LogP contribution < -0.4 is 0 Å². The van der Waals surface area contributed by atoms with Gasteiger partial charge in [-0.3, -0.25) is 0 Å². The third-order valence-corrected chi connectivity index (χ3v) is 0.914. The van der Waals surface area contributed by atoms with Crippen LogP contribution in [0.1, 0.15) is 0 Å². The van der Waals surface area contributed by atoms with E-state index < -0.39 is 23.2 Å². The van der Waals surface area contributed by atoms with E-state index in [9.17, 15) is 18.4 Å². The van der Waals surface area contributed by atoms with Crippen LogP contribution >= 0.6 is 23.2 Å². The van der Waals surface area contributed by atoms with Crippen molar-refractivity contribution in [3.05, 3.63) is 0 Å². The molecule has 0 bridgehead atoms. The number of rotatable bonds is 2. The standard InChI is InChI=1S/C4H2Cl2F2O3.Na/c5-1(7)3(9)11-4(10)2(6)8;/h1-2H;. The van der Waals surface area contributed by atoms with Crippen molar-refractivity contribution in [3.63, 3.8) is 0 Å². The molecule has 65 valence electrons. The summed E-state index contributed by atoms with van der Waals surface area (Å²) in [6.07, 6.45) is 0. The maximum atomic E-state index is 11.7. The second-order valence-corrected chi connectivity index (χ2v) is 2.11. The van der Waals surface area contributed by atoms with Crippen molar-refractivity contribution in [1.82, 2.24) is 0 Å². The van der Waals surface area contributed by atoms with Gasteiger partial charge in [0, 0.05) is 29.6 Å². The summed E-state index contributed by atoms with van der Waals surface area (Å²) >= 11 is 9.04. The second kappa shape index (κ2) is 7.03. The van der Waals surface area contributed by atoms with Gasteiger partial charge in [-0.25, -0.2) is 18.4 Å². The Morgan fingerprint density at radius 1 is 1.08 bits per heavy atom. The Hall–Kier alpha value is 0.580. The average Bonchev–Trinajstić information content (AvgIpc) is 1.87. The fourth-order valence-electron chi connectivity index (χ4n) is 0.188. The van der Waals surface area contributed by atoms with E-state index in [2.05, 4.69) is 27.9 Å². The Morgan fingerprint density at radius 2 is 1.33 bits per heavy atom. The largest absolute Gasteiger partial charge is 0.387 e. The molecule has 0 amide bonds. The average molecular weight is 230 g/mol. The van der Waals surface area contributed by atoms with Gasteiger partial charge in [-0.1, -0.05) is 23.2 Å². The van der Waals surface area contributed by atoms with Crippen LogP contribution in [-0.4, -0.2) is 52.8 Å². The second-order valence-electron chi connectivity index (χ2n) is 1.34. The van der Waals surface area contributed by atoms with E-state index in [1.807, 2.05) is 0 Å². The van der Waals surface area contributed by atoms with Crippen LogP contribution in [0.4, 0.5) is 8.78 Å². The maximum absolute atomic E-state index is 11.7. The van der Waals surface area contributed by atoms with E-state index in [1.54, 1.807) is 0 Å². The molecule has 0 aromatic carbocycles. The SMILES string of the molecule is O=C(OC(=O)C(F)Cl)C(F)Cl.[Na]. The minimum absolute atomic E-state index is 0. The van der Waals surface area contributed by atoms with Gasteiger partial charge in [-0.15, -0.1) is 0 Å². The summed E-state index contributed by atoms with van der Waals surface area (Å²) in [4.78, 5) is 20.2. The molecule has 0 saturated carbocycles. The maximum Gasteiger partial charge on any atom is 0.364 e. The van der Waals surface area contributed by atoms with Crippen molar-refractivity contribution < 1.29 is 23.1 Å². The van der Waals surface area contributed by atoms with Crippen LogP contribution in [0.2, 0.25) is 0 Å². The fourth-order valence-corrected chi connectivity index (χ4v) is 0.277. The summed E-state index contributed by atoms with van der Waals surface area (Å²) in [6.45, 7) is 0.